The molecule has 13 heavy (non-hydrogen) atoms. The molecule has 0 aliphatic heterocycles. The molecule has 0 radical (unpaired) electrons. The van der Waals surface area contributed by atoms with Gasteiger partial charge in [-0.25, -0.2) is 0 Å². The zero-order valence-corrected chi connectivity index (χ0v) is 8.94. The van der Waals surface area contributed by atoms with Crippen molar-refractivity contribution in [3.63, 3.8) is 0 Å². The zero-order valence-electron chi connectivity index (χ0n) is 8.12. The predicted molar refractivity (Wildman–Crippen MR) is 58.2 cm³/mol. The molecule has 2 N–H and O–H groups in total. The molecule has 0 bridgehead atoms. The Hall–Kier alpha value is -0.340. The first-order chi connectivity index (χ1) is 6.35. The number of hydrogen-bond donors (Lipinski definition) is 1. The quantitative estimate of drug-likeness (QED) is 0.785. The van der Waals surface area contributed by atoms with E-state index in [0.717, 1.165) is 18.4 Å². The van der Waals surface area contributed by atoms with Crippen LogP contribution in [0.2, 0.25) is 0 Å². The van der Waals surface area contributed by atoms with E-state index >= 15 is 0 Å². The first-order valence-electron chi connectivity index (χ1n) is 5.13. The normalized spacial score (nSPS) is 26.3. The highest BCUT2D eigenvalue weighted by Gasteiger charge is 2.37. The van der Waals surface area contributed by atoms with Gasteiger partial charge in [-0.15, -0.1) is 11.3 Å². The lowest BCUT2D eigenvalue weighted by molar-refractivity contribution is 0.815. The monoisotopic (exact) mass is 195 g/mol. The summed E-state index contributed by atoms with van der Waals surface area (Å²) in [6.45, 7) is 3.10. The van der Waals surface area contributed by atoms with Crippen LogP contribution in [0.1, 0.15) is 35.4 Å². The summed E-state index contributed by atoms with van der Waals surface area (Å²) in [5.41, 5.74) is 5.63. The van der Waals surface area contributed by atoms with Crippen molar-refractivity contribution in [2.24, 2.45) is 11.7 Å². The van der Waals surface area contributed by atoms with Gasteiger partial charge in [0, 0.05) is 9.75 Å². The second kappa shape index (κ2) is 3.81. The molecule has 1 aromatic heterocycles. The third kappa shape index (κ3) is 1.94. The van der Waals surface area contributed by atoms with Crippen molar-refractivity contribution in [1.82, 2.24) is 0 Å². The standard InChI is InChI=1S/C11H17NS/c1-2-3-9-4-5-11(13-9)10-6-8(10)7-12/h4-5,8,10H,2-3,6-7,12H2,1H3/t8-,10+/m0/s1. The van der Waals surface area contributed by atoms with Crippen molar-refractivity contribution in [3.05, 3.63) is 21.9 Å². The van der Waals surface area contributed by atoms with Gasteiger partial charge in [0.2, 0.25) is 0 Å². The van der Waals surface area contributed by atoms with E-state index < -0.39 is 0 Å². The second-order valence-electron chi connectivity index (χ2n) is 3.89. The largest absolute Gasteiger partial charge is 0.330 e. The van der Waals surface area contributed by atoms with Crippen LogP contribution in [-0.2, 0) is 6.42 Å². The van der Waals surface area contributed by atoms with E-state index in [1.54, 1.807) is 9.75 Å². The summed E-state index contributed by atoms with van der Waals surface area (Å²) >= 11 is 1.99. The fourth-order valence-corrected chi connectivity index (χ4v) is 3.15. The van der Waals surface area contributed by atoms with Gasteiger partial charge in [-0.3, -0.25) is 0 Å². The Morgan fingerprint density at radius 3 is 3.00 bits per heavy atom. The van der Waals surface area contributed by atoms with Gasteiger partial charge < -0.3 is 5.73 Å². The highest BCUT2D eigenvalue weighted by atomic mass is 32.1. The van der Waals surface area contributed by atoms with Crippen LogP contribution in [0.25, 0.3) is 0 Å². The van der Waals surface area contributed by atoms with Crippen molar-refractivity contribution < 1.29 is 0 Å². The number of rotatable bonds is 4. The van der Waals surface area contributed by atoms with Crippen molar-refractivity contribution in [2.75, 3.05) is 6.54 Å². The summed E-state index contributed by atoms with van der Waals surface area (Å²) < 4.78 is 0. The molecule has 1 aromatic rings. The molecule has 1 aliphatic carbocycles. The van der Waals surface area contributed by atoms with Gasteiger partial charge in [-0.1, -0.05) is 13.3 Å². The molecule has 0 aromatic carbocycles. The molecule has 1 nitrogen and oxygen atoms in total. The Morgan fingerprint density at radius 2 is 2.38 bits per heavy atom. The van der Waals surface area contributed by atoms with Gasteiger partial charge >= 0.3 is 0 Å². The Balaban J connectivity index is 1.98. The molecular formula is C11H17NS. The Kier molecular flexibility index (Phi) is 2.70. The molecule has 1 fully saturated rings. The summed E-state index contributed by atoms with van der Waals surface area (Å²) in [7, 11) is 0. The van der Waals surface area contributed by atoms with Crippen LogP contribution < -0.4 is 5.73 Å². The molecule has 1 aliphatic rings. The average molecular weight is 195 g/mol. The van der Waals surface area contributed by atoms with Gasteiger partial charge in [0.05, 0.1) is 0 Å². The minimum Gasteiger partial charge on any atom is -0.330 e. The lowest BCUT2D eigenvalue weighted by atomic mass is 10.2. The molecule has 1 saturated carbocycles. The summed E-state index contributed by atoms with van der Waals surface area (Å²) in [4.78, 5) is 3.11. The van der Waals surface area contributed by atoms with E-state index in [1.807, 2.05) is 11.3 Å². The van der Waals surface area contributed by atoms with Gasteiger partial charge in [-0.05, 0) is 43.4 Å². The number of thiophene rings is 1. The molecule has 0 saturated heterocycles. The third-order valence-electron chi connectivity index (χ3n) is 2.77. The predicted octanol–water partition coefficient (Wildman–Crippen LogP) is 2.76. The second-order valence-corrected chi connectivity index (χ2v) is 5.09. The molecule has 1 heterocycles. The Bertz CT molecular complexity index is 279. The van der Waals surface area contributed by atoms with Crippen molar-refractivity contribution >= 4 is 11.3 Å². The molecule has 2 rings (SSSR count). The molecule has 0 amide bonds. The molecular weight excluding hydrogens is 178 g/mol. The van der Waals surface area contributed by atoms with Crippen molar-refractivity contribution in [3.8, 4) is 0 Å². The Morgan fingerprint density at radius 1 is 1.54 bits per heavy atom. The van der Waals surface area contributed by atoms with E-state index in [1.165, 1.54) is 19.3 Å². The summed E-state index contributed by atoms with van der Waals surface area (Å²) in [6, 6.07) is 4.59. The first-order valence-corrected chi connectivity index (χ1v) is 5.95. The molecule has 0 unspecified atom stereocenters. The van der Waals surface area contributed by atoms with Crippen LogP contribution in [0.3, 0.4) is 0 Å². The minimum atomic E-state index is 0.785. The summed E-state index contributed by atoms with van der Waals surface area (Å²) in [5, 5.41) is 0. The summed E-state index contributed by atoms with van der Waals surface area (Å²) in [6.07, 6.45) is 3.82. The topological polar surface area (TPSA) is 26.0 Å². The lowest BCUT2D eigenvalue weighted by Crippen LogP contribution is -2.01. The molecule has 72 valence electrons. The van der Waals surface area contributed by atoms with Crippen LogP contribution in [-0.4, -0.2) is 6.54 Å². The highest BCUT2D eigenvalue weighted by Crippen LogP contribution is 2.48. The van der Waals surface area contributed by atoms with Gasteiger partial charge in [0.25, 0.3) is 0 Å². The summed E-state index contributed by atoms with van der Waals surface area (Å²) in [5.74, 6) is 1.59. The number of nitrogens with two attached hydrogens (primary N) is 1. The number of aryl methyl sites for hydroxylation is 1. The van der Waals surface area contributed by atoms with E-state index in [2.05, 4.69) is 19.1 Å². The number of hydrogen-bond acceptors (Lipinski definition) is 2. The van der Waals surface area contributed by atoms with Gasteiger partial charge in [0.1, 0.15) is 0 Å². The molecule has 2 atom stereocenters. The maximum atomic E-state index is 5.63. The van der Waals surface area contributed by atoms with Crippen LogP contribution in [0.5, 0.6) is 0 Å². The minimum absolute atomic E-state index is 0.785. The van der Waals surface area contributed by atoms with Crippen LogP contribution in [0.15, 0.2) is 12.1 Å². The van der Waals surface area contributed by atoms with Crippen molar-refractivity contribution in [1.29, 1.82) is 0 Å². The van der Waals surface area contributed by atoms with Gasteiger partial charge in [0.15, 0.2) is 0 Å². The van der Waals surface area contributed by atoms with Gasteiger partial charge in [-0.2, -0.15) is 0 Å². The average Bonchev–Trinajstić information content (AvgIpc) is 2.80. The third-order valence-corrected chi connectivity index (χ3v) is 4.05. The Labute approximate surface area is 84.0 Å². The maximum Gasteiger partial charge on any atom is 0.00825 e. The first kappa shape index (κ1) is 9.22. The van der Waals surface area contributed by atoms with E-state index in [0.29, 0.717) is 0 Å². The van der Waals surface area contributed by atoms with Crippen LogP contribution in [0.4, 0.5) is 0 Å². The van der Waals surface area contributed by atoms with E-state index in [4.69, 9.17) is 5.73 Å². The van der Waals surface area contributed by atoms with Crippen LogP contribution in [0, 0.1) is 5.92 Å². The smallest absolute Gasteiger partial charge is 0.00825 e. The zero-order chi connectivity index (χ0) is 9.26. The lowest BCUT2D eigenvalue weighted by Gasteiger charge is -1.92. The van der Waals surface area contributed by atoms with E-state index in [9.17, 15) is 0 Å². The fourth-order valence-electron chi connectivity index (χ4n) is 1.83. The van der Waals surface area contributed by atoms with E-state index in [-0.39, 0.29) is 0 Å². The maximum absolute atomic E-state index is 5.63. The van der Waals surface area contributed by atoms with Crippen LogP contribution >= 0.6 is 11.3 Å². The highest BCUT2D eigenvalue weighted by molar-refractivity contribution is 7.12. The molecule has 0 spiro atoms. The molecule has 2 heteroatoms. The SMILES string of the molecule is CCCc1ccc([C@@H]2C[C@H]2CN)s1. The fraction of sp³-hybridized carbons (Fsp3) is 0.636. The van der Waals surface area contributed by atoms with Crippen molar-refractivity contribution in [2.45, 2.75) is 32.1 Å².